The normalized spacial score (nSPS) is 24.2. The molecular formula is C11H20O. The Morgan fingerprint density at radius 1 is 1.58 bits per heavy atom. The Balaban J connectivity index is 1.96. The summed E-state index contributed by atoms with van der Waals surface area (Å²) in [6.45, 7) is 6.08. The molecule has 0 aromatic carbocycles. The van der Waals surface area contributed by atoms with E-state index < -0.39 is 0 Å². The Labute approximate surface area is 75.5 Å². The summed E-state index contributed by atoms with van der Waals surface area (Å²) in [7, 11) is 0. The van der Waals surface area contributed by atoms with Crippen molar-refractivity contribution in [3.63, 3.8) is 0 Å². The van der Waals surface area contributed by atoms with E-state index in [4.69, 9.17) is 0 Å². The molecule has 0 radical (unpaired) electrons. The van der Waals surface area contributed by atoms with Gasteiger partial charge in [-0.25, -0.2) is 0 Å². The molecular weight excluding hydrogens is 148 g/mol. The highest BCUT2D eigenvalue weighted by molar-refractivity contribution is 5.18. The molecule has 0 unspecified atom stereocenters. The summed E-state index contributed by atoms with van der Waals surface area (Å²) in [6, 6.07) is 0. The third-order valence-corrected chi connectivity index (χ3v) is 2.62. The Hall–Kier alpha value is -0.300. The lowest BCUT2D eigenvalue weighted by atomic mass is 10.1. The topological polar surface area (TPSA) is 20.2 Å². The molecule has 1 aliphatic carbocycles. The average molecular weight is 168 g/mol. The van der Waals surface area contributed by atoms with Crippen molar-refractivity contribution in [1.82, 2.24) is 0 Å². The lowest BCUT2D eigenvalue weighted by Gasteiger charge is -2.08. The molecule has 0 bridgehead atoms. The molecule has 0 saturated heterocycles. The first-order valence-electron chi connectivity index (χ1n) is 5.09. The van der Waals surface area contributed by atoms with E-state index in [9.17, 15) is 5.11 Å². The minimum atomic E-state index is -0.0687. The van der Waals surface area contributed by atoms with E-state index in [1.807, 2.05) is 0 Å². The Morgan fingerprint density at radius 2 is 2.25 bits per heavy atom. The van der Waals surface area contributed by atoms with Gasteiger partial charge in [-0.1, -0.05) is 38.3 Å². The molecule has 0 aromatic rings. The van der Waals surface area contributed by atoms with E-state index in [2.05, 4.69) is 13.5 Å². The zero-order chi connectivity index (χ0) is 8.97. The maximum Gasteiger partial charge on any atom is 0.0546 e. The van der Waals surface area contributed by atoms with E-state index in [-0.39, 0.29) is 6.10 Å². The molecule has 1 fully saturated rings. The molecule has 0 aliphatic heterocycles. The fraction of sp³-hybridized carbons (Fsp3) is 0.818. The standard InChI is InChI=1S/C11H20O/c1-3-4-5-6-11(12)8-10-7-9(10)2/h10-12H,2-8H2,1H3/t10-,11-/m1/s1. The van der Waals surface area contributed by atoms with Crippen LogP contribution in [0.2, 0.25) is 0 Å². The Kier molecular flexibility index (Phi) is 3.80. The van der Waals surface area contributed by atoms with E-state index in [1.165, 1.54) is 24.8 Å². The van der Waals surface area contributed by atoms with Crippen molar-refractivity contribution >= 4 is 0 Å². The van der Waals surface area contributed by atoms with Gasteiger partial charge in [0, 0.05) is 0 Å². The number of aliphatic hydroxyl groups excluding tert-OH is 1. The number of hydrogen-bond donors (Lipinski definition) is 1. The van der Waals surface area contributed by atoms with Gasteiger partial charge in [0.15, 0.2) is 0 Å². The molecule has 2 atom stereocenters. The van der Waals surface area contributed by atoms with Gasteiger partial charge in [0.25, 0.3) is 0 Å². The molecule has 1 N–H and O–H groups in total. The highest BCUT2D eigenvalue weighted by Crippen LogP contribution is 2.39. The number of rotatable bonds is 6. The van der Waals surface area contributed by atoms with E-state index in [1.54, 1.807) is 0 Å². The highest BCUT2D eigenvalue weighted by atomic mass is 16.3. The summed E-state index contributed by atoms with van der Waals surface area (Å²) in [5.74, 6) is 0.654. The zero-order valence-electron chi connectivity index (χ0n) is 8.05. The molecule has 70 valence electrons. The van der Waals surface area contributed by atoms with Crippen molar-refractivity contribution in [1.29, 1.82) is 0 Å². The number of hydrogen-bond acceptors (Lipinski definition) is 1. The van der Waals surface area contributed by atoms with Crippen LogP contribution in [0.3, 0.4) is 0 Å². The molecule has 0 amide bonds. The number of unbranched alkanes of at least 4 members (excludes halogenated alkanes) is 2. The SMILES string of the molecule is C=C1C[C@@H]1C[C@H](O)CCCCC. The number of aliphatic hydroxyl groups is 1. The van der Waals surface area contributed by atoms with Crippen molar-refractivity contribution in [3.8, 4) is 0 Å². The van der Waals surface area contributed by atoms with E-state index in [0.717, 1.165) is 19.3 Å². The maximum atomic E-state index is 9.56. The molecule has 0 aromatic heterocycles. The van der Waals surface area contributed by atoms with Crippen molar-refractivity contribution < 1.29 is 5.11 Å². The smallest absolute Gasteiger partial charge is 0.0546 e. The first-order valence-corrected chi connectivity index (χ1v) is 5.09. The second-order valence-electron chi connectivity index (χ2n) is 3.94. The first-order chi connectivity index (χ1) is 5.74. The minimum absolute atomic E-state index is 0.0687. The summed E-state index contributed by atoms with van der Waals surface area (Å²) in [6.07, 6.45) is 6.70. The van der Waals surface area contributed by atoms with Crippen LogP contribution in [0.25, 0.3) is 0 Å². The summed E-state index contributed by atoms with van der Waals surface area (Å²) in [5.41, 5.74) is 1.34. The molecule has 0 heterocycles. The number of allylic oxidation sites excluding steroid dienone is 1. The second-order valence-corrected chi connectivity index (χ2v) is 3.94. The molecule has 1 nitrogen and oxygen atoms in total. The van der Waals surface area contributed by atoms with Gasteiger partial charge in [0.2, 0.25) is 0 Å². The van der Waals surface area contributed by atoms with Crippen molar-refractivity contribution in [2.75, 3.05) is 0 Å². The fourth-order valence-electron chi connectivity index (χ4n) is 1.58. The Bertz CT molecular complexity index is 151. The monoisotopic (exact) mass is 168 g/mol. The van der Waals surface area contributed by atoms with Crippen LogP contribution in [0.4, 0.5) is 0 Å². The van der Waals surface area contributed by atoms with Crippen LogP contribution < -0.4 is 0 Å². The Morgan fingerprint density at radius 3 is 2.75 bits per heavy atom. The zero-order valence-corrected chi connectivity index (χ0v) is 8.05. The van der Waals surface area contributed by atoms with Crippen LogP contribution in [-0.4, -0.2) is 11.2 Å². The third kappa shape index (κ3) is 3.40. The largest absolute Gasteiger partial charge is 0.393 e. The van der Waals surface area contributed by atoms with Crippen molar-refractivity contribution in [2.45, 2.75) is 51.6 Å². The molecule has 0 spiro atoms. The van der Waals surface area contributed by atoms with Crippen molar-refractivity contribution in [2.24, 2.45) is 5.92 Å². The third-order valence-electron chi connectivity index (χ3n) is 2.62. The van der Waals surface area contributed by atoms with Gasteiger partial charge in [-0.15, -0.1) is 0 Å². The minimum Gasteiger partial charge on any atom is -0.393 e. The average Bonchev–Trinajstić information content (AvgIpc) is 2.67. The molecule has 1 aliphatic rings. The van der Waals surface area contributed by atoms with Gasteiger partial charge in [0.1, 0.15) is 0 Å². The van der Waals surface area contributed by atoms with Gasteiger partial charge in [-0.05, 0) is 25.2 Å². The van der Waals surface area contributed by atoms with Crippen LogP contribution in [0.15, 0.2) is 12.2 Å². The lowest BCUT2D eigenvalue weighted by molar-refractivity contribution is 0.146. The predicted octanol–water partition coefficient (Wildman–Crippen LogP) is 2.89. The molecule has 1 heteroatoms. The van der Waals surface area contributed by atoms with E-state index >= 15 is 0 Å². The first kappa shape index (κ1) is 9.79. The fourth-order valence-corrected chi connectivity index (χ4v) is 1.58. The van der Waals surface area contributed by atoms with Gasteiger partial charge in [0.05, 0.1) is 6.10 Å². The van der Waals surface area contributed by atoms with Crippen LogP contribution >= 0.6 is 0 Å². The second kappa shape index (κ2) is 4.66. The predicted molar refractivity (Wildman–Crippen MR) is 52.0 cm³/mol. The quantitative estimate of drug-likeness (QED) is 0.477. The van der Waals surface area contributed by atoms with Gasteiger partial charge in [-0.2, -0.15) is 0 Å². The summed E-state index contributed by atoms with van der Waals surface area (Å²) < 4.78 is 0. The molecule has 1 rings (SSSR count). The molecule has 12 heavy (non-hydrogen) atoms. The van der Waals surface area contributed by atoms with Crippen LogP contribution in [-0.2, 0) is 0 Å². The summed E-state index contributed by atoms with van der Waals surface area (Å²) in [4.78, 5) is 0. The van der Waals surface area contributed by atoms with Crippen molar-refractivity contribution in [3.05, 3.63) is 12.2 Å². The summed E-state index contributed by atoms with van der Waals surface area (Å²) in [5, 5.41) is 9.56. The van der Waals surface area contributed by atoms with E-state index in [0.29, 0.717) is 5.92 Å². The lowest BCUT2D eigenvalue weighted by Crippen LogP contribution is -2.06. The van der Waals surface area contributed by atoms with Gasteiger partial charge in [-0.3, -0.25) is 0 Å². The van der Waals surface area contributed by atoms with Crippen LogP contribution in [0.1, 0.15) is 45.4 Å². The highest BCUT2D eigenvalue weighted by Gasteiger charge is 2.28. The van der Waals surface area contributed by atoms with Crippen LogP contribution in [0.5, 0.6) is 0 Å². The van der Waals surface area contributed by atoms with Gasteiger partial charge < -0.3 is 5.11 Å². The van der Waals surface area contributed by atoms with Crippen LogP contribution in [0, 0.1) is 5.92 Å². The maximum absolute atomic E-state index is 9.56. The van der Waals surface area contributed by atoms with Gasteiger partial charge >= 0.3 is 0 Å². The summed E-state index contributed by atoms with van der Waals surface area (Å²) >= 11 is 0. The molecule has 1 saturated carbocycles.